The van der Waals surface area contributed by atoms with Gasteiger partial charge >= 0.3 is 0 Å². The average molecular weight is 277 g/mol. The first-order valence-corrected chi connectivity index (χ1v) is 6.66. The number of carbonyl (C=O) groups is 2. The molecule has 1 N–H and O–H groups in total. The molecule has 1 aromatic rings. The van der Waals surface area contributed by atoms with Gasteiger partial charge in [-0.15, -0.1) is 0 Å². The van der Waals surface area contributed by atoms with E-state index >= 15 is 0 Å². The van der Waals surface area contributed by atoms with Crippen molar-refractivity contribution in [2.24, 2.45) is 5.41 Å². The lowest BCUT2D eigenvalue weighted by Crippen LogP contribution is -2.57. The molecular weight excluding hydrogens is 261 g/mol. The van der Waals surface area contributed by atoms with Crippen molar-refractivity contribution in [3.8, 4) is 0 Å². The van der Waals surface area contributed by atoms with Gasteiger partial charge in [-0.1, -0.05) is 12.1 Å². The lowest BCUT2D eigenvalue weighted by Gasteiger charge is -2.52. The van der Waals surface area contributed by atoms with E-state index in [4.69, 9.17) is 4.74 Å². The first-order valence-electron chi connectivity index (χ1n) is 6.66. The number of nitrogens with one attached hydrogen (secondary N) is 1. The van der Waals surface area contributed by atoms with E-state index in [1.807, 2.05) is 0 Å². The summed E-state index contributed by atoms with van der Waals surface area (Å²) in [5.74, 6) is -1.44. The topological polar surface area (TPSA) is 55.4 Å². The molecule has 1 atom stereocenters. The lowest BCUT2D eigenvalue weighted by molar-refractivity contribution is -0.151. The van der Waals surface area contributed by atoms with E-state index in [0.29, 0.717) is 24.8 Å². The quantitative estimate of drug-likeness (QED) is 0.838. The largest absolute Gasteiger partial charge is 0.381 e. The predicted octanol–water partition coefficient (Wildman–Crippen LogP) is 1.75. The molecule has 2 amide bonds. The molecule has 4 nitrogen and oxygen atoms in total. The van der Waals surface area contributed by atoms with Crippen LogP contribution in [0.1, 0.15) is 30.7 Å². The van der Waals surface area contributed by atoms with Crippen molar-refractivity contribution in [1.82, 2.24) is 5.32 Å². The summed E-state index contributed by atoms with van der Waals surface area (Å²) in [6.07, 6.45) is 1.68. The number of hydrogen-bond donors (Lipinski definition) is 1. The van der Waals surface area contributed by atoms with Gasteiger partial charge in [0.25, 0.3) is 0 Å². The van der Waals surface area contributed by atoms with Crippen LogP contribution in [0.2, 0.25) is 0 Å². The SMILES string of the molecule is COC1CC2(CC(=O)NC(=O)C2c2cccc(F)c2)C1. The molecule has 2 aliphatic rings. The van der Waals surface area contributed by atoms with E-state index in [9.17, 15) is 14.0 Å². The Morgan fingerprint density at radius 2 is 2.10 bits per heavy atom. The summed E-state index contributed by atoms with van der Waals surface area (Å²) in [5.41, 5.74) is 0.206. The third kappa shape index (κ3) is 2.02. The predicted molar refractivity (Wildman–Crippen MR) is 69.4 cm³/mol. The summed E-state index contributed by atoms with van der Waals surface area (Å²) in [4.78, 5) is 23.9. The maximum absolute atomic E-state index is 13.4. The summed E-state index contributed by atoms with van der Waals surface area (Å²) in [7, 11) is 1.62. The molecule has 106 valence electrons. The van der Waals surface area contributed by atoms with Gasteiger partial charge in [-0.3, -0.25) is 14.9 Å². The second-order valence-corrected chi connectivity index (χ2v) is 5.71. The zero-order valence-electron chi connectivity index (χ0n) is 11.2. The Hall–Kier alpha value is -1.75. The molecule has 0 aromatic heterocycles. The highest BCUT2D eigenvalue weighted by Crippen LogP contribution is 2.56. The molecule has 1 heterocycles. The van der Waals surface area contributed by atoms with Gasteiger partial charge in [-0.25, -0.2) is 4.39 Å². The minimum Gasteiger partial charge on any atom is -0.381 e. The van der Waals surface area contributed by atoms with Crippen LogP contribution in [-0.4, -0.2) is 25.0 Å². The van der Waals surface area contributed by atoms with E-state index in [-0.39, 0.29) is 23.7 Å². The first-order chi connectivity index (χ1) is 9.54. The number of imide groups is 1. The molecule has 0 radical (unpaired) electrons. The van der Waals surface area contributed by atoms with Crippen LogP contribution in [0, 0.1) is 11.2 Å². The normalized spacial score (nSPS) is 32.9. The van der Waals surface area contributed by atoms with Crippen LogP contribution in [0.25, 0.3) is 0 Å². The van der Waals surface area contributed by atoms with Crippen molar-refractivity contribution >= 4 is 11.8 Å². The molecule has 1 saturated carbocycles. The van der Waals surface area contributed by atoms with Crippen LogP contribution in [0.15, 0.2) is 24.3 Å². The fraction of sp³-hybridized carbons (Fsp3) is 0.467. The molecule has 1 spiro atoms. The molecular formula is C15H16FNO3. The van der Waals surface area contributed by atoms with Crippen LogP contribution >= 0.6 is 0 Å². The standard InChI is InChI=1S/C15H16FNO3/c1-20-11-6-15(7-11)8-12(18)17-14(19)13(15)9-3-2-4-10(16)5-9/h2-5,11,13H,6-8H2,1H3,(H,17,18,19). The Bertz CT molecular complexity index is 566. The fourth-order valence-electron chi connectivity index (χ4n) is 3.54. The number of ether oxygens (including phenoxy) is 1. The first kappa shape index (κ1) is 13.2. The monoisotopic (exact) mass is 277 g/mol. The zero-order chi connectivity index (χ0) is 14.3. The van der Waals surface area contributed by atoms with Gasteiger partial charge in [0.05, 0.1) is 12.0 Å². The van der Waals surface area contributed by atoms with Crippen molar-refractivity contribution < 1.29 is 18.7 Å². The van der Waals surface area contributed by atoms with Gasteiger partial charge in [0.2, 0.25) is 11.8 Å². The van der Waals surface area contributed by atoms with Crippen molar-refractivity contribution in [1.29, 1.82) is 0 Å². The van der Waals surface area contributed by atoms with E-state index < -0.39 is 11.3 Å². The summed E-state index contributed by atoms with van der Waals surface area (Å²) < 4.78 is 18.7. The molecule has 20 heavy (non-hydrogen) atoms. The van der Waals surface area contributed by atoms with Gasteiger partial charge in [-0.05, 0) is 36.0 Å². The van der Waals surface area contributed by atoms with Crippen LogP contribution in [0.5, 0.6) is 0 Å². The number of halogens is 1. The molecule has 1 aliphatic heterocycles. The smallest absolute Gasteiger partial charge is 0.234 e. The number of hydrogen-bond acceptors (Lipinski definition) is 3. The molecule has 2 fully saturated rings. The maximum Gasteiger partial charge on any atom is 0.234 e. The van der Waals surface area contributed by atoms with Crippen molar-refractivity contribution in [2.45, 2.75) is 31.3 Å². The molecule has 0 bridgehead atoms. The molecule has 1 aromatic carbocycles. The second-order valence-electron chi connectivity index (χ2n) is 5.71. The summed E-state index contributed by atoms with van der Waals surface area (Å²) >= 11 is 0. The number of benzene rings is 1. The van der Waals surface area contributed by atoms with Crippen LogP contribution < -0.4 is 5.32 Å². The molecule has 1 aliphatic carbocycles. The summed E-state index contributed by atoms with van der Waals surface area (Å²) in [6, 6.07) is 6.06. The highest BCUT2D eigenvalue weighted by atomic mass is 19.1. The number of methoxy groups -OCH3 is 1. The highest BCUT2D eigenvalue weighted by molar-refractivity contribution is 6.02. The Balaban J connectivity index is 1.97. The third-order valence-corrected chi connectivity index (χ3v) is 4.43. The van der Waals surface area contributed by atoms with Gasteiger partial charge in [0.1, 0.15) is 5.82 Å². The Morgan fingerprint density at radius 3 is 2.75 bits per heavy atom. The number of rotatable bonds is 2. The van der Waals surface area contributed by atoms with Crippen LogP contribution in [0.4, 0.5) is 4.39 Å². The highest BCUT2D eigenvalue weighted by Gasteiger charge is 2.56. The third-order valence-electron chi connectivity index (χ3n) is 4.43. The fourth-order valence-corrected chi connectivity index (χ4v) is 3.54. The Kier molecular flexibility index (Phi) is 3.09. The Morgan fingerprint density at radius 1 is 1.35 bits per heavy atom. The van der Waals surface area contributed by atoms with Crippen molar-refractivity contribution in [3.05, 3.63) is 35.6 Å². The van der Waals surface area contributed by atoms with E-state index in [2.05, 4.69) is 5.32 Å². The number of amides is 2. The van der Waals surface area contributed by atoms with E-state index in [1.54, 1.807) is 19.2 Å². The molecule has 1 saturated heterocycles. The number of carbonyl (C=O) groups excluding carboxylic acids is 2. The zero-order valence-corrected chi connectivity index (χ0v) is 11.2. The van der Waals surface area contributed by atoms with Crippen molar-refractivity contribution in [2.75, 3.05) is 7.11 Å². The van der Waals surface area contributed by atoms with Crippen LogP contribution in [0.3, 0.4) is 0 Å². The molecule has 3 rings (SSSR count). The van der Waals surface area contributed by atoms with Crippen LogP contribution in [-0.2, 0) is 14.3 Å². The van der Waals surface area contributed by atoms with Gasteiger partial charge < -0.3 is 4.74 Å². The van der Waals surface area contributed by atoms with E-state index in [1.165, 1.54) is 12.1 Å². The van der Waals surface area contributed by atoms with Gasteiger partial charge in [-0.2, -0.15) is 0 Å². The summed E-state index contributed by atoms with van der Waals surface area (Å²) in [6.45, 7) is 0. The van der Waals surface area contributed by atoms with Gasteiger partial charge in [0.15, 0.2) is 0 Å². The maximum atomic E-state index is 13.4. The average Bonchev–Trinajstić information content (AvgIpc) is 2.34. The molecule has 5 heteroatoms. The lowest BCUT2D eigenvalue weighted by atomic mass is 9.54. The summed E-state index contributed by atoms with van der Waals surface area (Å²) in [5, 5.41) is 2.36. The van der Waals surface area contributed by atoms with E-state index in [0.717, 1.165) is 0 Å². The molecule has 1 unspecified atom stereocenters. The van der Waals surface area contributed by atoms with Gasteiger partial charge in [0, 0.05) is 13.5 Å². The van der Waals surface area contributed by atoms with Crippen molar-refractivity contribution in [3.63, 3.8) is 0 Å². The minimum absolute atomic E-state index is 0.0739. The second kappa shape index (κ2) is 4.66. The number of piperidine rings is 1. The Labute approximate surface area is 116 Å². The minimum atomic E-state index is -0.484.